The summed E-state index contributed by atoms with van der Waals surface area (Å²) in [7, 11) is 0. The Kier molecular flexibility index (Phi) is 2.56. The second kappa shape index (κ2) is 4.20. The van der Waals surface area contributed by atoms with Crippen LogP contribution in [-0.4, -0.2) is 18.0 Å². The SMILES string of the molecule is C1=C2NCCCC2CN1Cc1ccccc1. The topological polar surface area (TPSA) is 15.3 Å². The Labute approximate surface area is 97.0 Å². The third-order valence-electron chi connectivity index (χ3n) is 3.50. The van der Waals surface area contributed by atoms with Crippen LogP contribution >= 0.6 is 0 Å². The highest BCUT2D eigenvalue weighted by Gasteiger charge is 2.26. The monoisotopic (exact) mass is 214 g/mol. The molecule has 2 nitrogen and oxygen atoms in total. The van der Waals surface area contributed by atoms with E-state index in [4.69, 9.17) is 0 Å². The molecular weight excluding hydrogens is 196 g/mol. The van der Waals surface area contributed by atoms with Crippen LogP contribution in [0, 0.1) is 5.92 Å². The molecule has 1 N–H and O–H groups in total. The molecule has 0 spiro atoms. The van der Waals surface area contributed by atoms with Crippen molar-refractivity contribution >= 4 is 0 Å². The number of fused-ring (bicyclic) bond motifs is 1. The molecule has 2 aliphatic heterocycles. The molecule has 0 aliphatic carbocycles. The minimum Gasteiger partial charge on any atom is -0.387 e. The van der Waals surface area contributed by atoms with E-state index in [2.05, 4.69) is 46.7 Å². The normalized spacial score (nSPS) is 23.6. The predicted molar refractivity (Wildman–Crippen MR) is 65.7 cm³/mol. The van der Waals surface area contributed by atoms with Gasteiger partial charge in [0.15, 0.2) is 0 Å². The second-order valence-corrected chi connectivity index (χ2v) is 4.77. The molecule has 2 aliphatic rings. The number of piperidine rings is 1. The lowest BCUT2D eigenvalue weighted by Gasteiger charge is -2.22. The predicted octanol–water partition coefficient (Wildman–Crippen LogP) is 2.34. The zero-order valence-corrected chi connectivity index (χ0v) is 9.52. The largest absolute Gasteiger partial charge is 0.387 e. The van der Waals surface area contributed by atoms with Crippen LogP contribution in [0.4, 0.5) is 0 Å². The van der Waals surface area contributed by atoms with Gasteiger partial charge < -0.3 is 10.2 Å². The van der Waals surface area contributed by atoms with E-state index in [9.17, 15) is 0 Å². The lowest BCUT2D eigenvalue weighted by molar-refractivity contribution is 0.338. The molecule has 1 atom stereocenters. The highest BCUT2D eigenvalue weighted by Crippen LogP contribution is 2.27. The van der Waals surface area contributed by atoms with Crippen LogP contribution in [0.25, 0.3) is 0 Å². The average Bonchev–Trinajstić information content (AvgIpc) is 2.72. The van der Waals surface area contributed by atoms with Crippen LogP contribution < -0.4 is 5.32 Å². The minimum absolute atomic E-state index is 0.762. The summed E-state index contributed by atoms with van der Waals surface area (Å²) >= 11 is 0. The van der Waals surface area contributed by atoms with E-state index < -0.39 is 0 Å². The maximum Gasteiger partial charge on any atom is 0.0424 e. The third-order valence-corrected chi connectivity index (χ3v) is 3.50. The van der Waals surface area contributed by atoms with Crippen LogP contribution in [0.3, 0.4) is 0 Å². The van der Waals surface area contributed by atoms with Crippen molar-refractivity contribution in [3.8, 4) is 0 Å². The molecule has 2 heteroatoms. The van der Waals surface area contributed by atoms with Gasteiger partial charge in [-0.15, -0.1) is 0 Å². The van der Waals surface area contributed by atoms with Gasteiger partial charge in [-0.2, -0.15) is 0 Å². The van der Waals surface area contributed by atoms with Gasteiger partial charge in [0.2, 0.25) is 0 Å². The first kappa shape index (κ1) is 9.76. The lowest BCUT2D eigenvalue weighted by atomic mass is 9.98. The number of rotatable bonds is 2. The molecule has 1 unspecified atom stereocenters. The fraction of sp³-hybridized carbons (Fsp3) is 0.429. The molecule has 1 saturated heterocycles. The van der Waals surface area contributed by atoms with E-state index >= 15 is 0 Å². The van der Waals surface area contributed by atoms with Crippen molar-refractivity contribution < 1.29 is 0 Å². The fourth-order valence-corrected chi connectivity index (χ4v) is 2.68. The van der Waals surface area contributed by atoms with Crippen LogP contribution in [0.5, 0.6) is 0 Å². The lowest BCUT2D eigenvalue weighted by Crippen LogP contribution is -2.27. The molecule has 2 heterocycles. The highest BCUT2D eigenvalue weighted by molar-refractivity contribution is 5.18. The van der Waals surface area contributed by atoms with Gasteiger partial charge in [-0.25, -0.2) is 0 Å². The first-order valence-electron chi connectivity index (χ1n) is 6.15. The number of benzene rings is 1. The quantitative estimate of drug-likeness (QED) is 0.813. The van der Waals surface area contributed by atoms with E-state index in [0.29, 0.717) is 0 Å². The van der Waals surface area contributed by atoms with Gasteiger partial charge in [-0.3, -0.25) is 0 Å². The smallest absolute Gasteiger partial charge is 0.0424 e. The zero-order chi connectivity index (χ0) is 10.8. The molecule has 0 aromatic heterocycles. The fourth-order valence-electron chi connectivity index (χ4n) is 2.68. The van der Waals surface area contributed by atoms with Crippen molar-refractivity contribution in [1.29, 1.82) is 0 Å². The number of nitrogens with one attached hydrogen (secondary N) is 1. The summed E-state index contributed by atoms with van der Waals surface area (Å²) in [6.45, 7) is 3.39. The molecule has 84 valence electrons. The molecule has 16 heavy (non-hydrogen) atoms. The van der Waals surface area contributed by atoms with Crippen LogP contribution in [0.15, 0.2) is 42.2 Å². The van der Waals surface area contributed by atoms with Crippen molar-refractivity contribution in [1.82, 2.24) is 10.2 Å². The Hall–Kier alpha value is -1.44. The molecule has 1 aromatic carbocycles. The van der Waals surface area contributed by atoms with Crippen molar-refractivity contribution in [2.45, 2.75) is 19.4 Å². The molecule has 1 aromatic rings. The van der Waals surface area contributed by atoms with Gasteiger partial charge in [0, 0.05) is 37.4 Å². The van der Waals surface area contributed by atoms with E-state index in [1.54, 1.807) is 0 Å². The van der Waals surface area contributed by atoms with Crippen molar-refractivity contribution in [3.05, 3.63) is 47.8 Å². The Morgan fingerprint density at radius 1 is 1.25 bits per heavy atom. The average molecular weight is 214 g/mol. The van der Waals surface area contributed by atoms with Gasteiger partial charge in [0.1, 0.15) is 0 Å². The maximum absolute atomic E-state index is 3.52. The molecule has 3 rings (SSSR count). The molecule has 1 fully saturated rings. The Morgan fingerprint density at radius 3 is 2.94 bits per heavy atom. The summed E-state index contributed by atoms with van der Waals surface area (Å²) in [5.74, 6) is 0.762. The maximum atomic E-state index is 3.52. The summed E-state index contributed by atoms with van der Waals surface area (Å²) in [6, 6.07) is 10.7. The zero-order valence-electron chi connectivity index (χ0n) is 9.52. The van der Waals surface area contributed by atoms with Gasteiger partial charge in [0.05, 0.1) is 0 Å². The van der Waals surface area contributed by atoms with Crippen molar-refractivity contribution in [2.24, 2.45) is 5.92 Å². The van der Waals surface area contributed by atoms with Gasteiger partial charge in [0.25, 0.3) is 0 Å². The summed E-state index contributed by atoms with van der Waals surface area (Å²) in [5.41, 5.74) is 2.86. The summed E-state index contributed by atoms with van der Waals surface area (Å²) < 4.78 is 0. The number of hydrogen-bond donors (Lipinski definition) is 1. The molecular formula is C14H18N2. The van der Waals surface area contributed by atoms with Gasteiger partial charge in [-0.1, -0.05) is 30.3 Å². The molecule has 0 bridgehead atoms. The number of nitrogens with zero attached hydrogens (tertiary/aromatic N) is 1. The number of hydrogen-bond acceptors (Lipinski definition) is 2. The van der Waals surface area contributed by atoms with E-state index in [1.165, 1.54) is 30.6 Å². The first-order valence-corrected chi connectivity index (χ1v) is 6.15. The second-order valence-electron chi connectivity index (χ2n) is 4.77. The van der Waals surface area contributed by atoms with Crippen LogP contribution in [0.2, 0.25) is 0 Å². The van der Waals surface area contributed by atoms with Crippen LogP contribution in [-0.2, 0) is 6.54 Å². The highest BCUT2D eigenvalue weighted by atomic mass is 15.2. The third kappa shape index (κ3) is 1.92. The van der Waals surface area contributed by atoms with Gasteiger partial charge in [-0.05, 0) is 18.4 Å². The van der Waals surface area contributed by atoms with E-state index in [-0.39, 0.29) is 0 Å². The van der Waals surface area contributed by atoms with Crippen LogP contribution in [0.1, 0.15) is 18.4 Å². The van der Waals surface area contributed by atoms with Crippen molar-refractivity contribution in [3.63, 3.8) is 0 Å². The van der Waals surface area contributed by atoms with E-state index in [0.717, 1.165) is 19.0 Å². The van der Waals surface area contributed by atoms with Crippen molar-refractivity contribution in [2.75, 3.05) is 13.1 Å². The van der Waals surface area contributed by atoms with E-state index in [1.807, 2.05) is 0 Å². The summed E-state index contributed by atoms with van der Waals surface area (Å²) in [6.07, 6.45) is 4.99. The first-order chi connectivity index (χ1) is 7.92. The minimum atomic E-state index is 0.762. The van der Waals surface area contributed by atoms with Gasteiger partial charge >= 0.3 is 0 Å². The molecule has 0 saturated carbocycles. The molecule has 0 radical (unpaired) electrons. The standard InChI is InChI=1S/C14H18N2/c1-2-5-12(6-3-1)9-16-10-13-7-4-8-15-14(13)11-16/h1-3,5-6,11,13,15H,4,7-10H2. The Morgan fingerprint density at radius 2 is 2.12 bits per heavy atom. The summed E-state index contributed by atoms with van der Waals surface area (Å²) in [5, 5.41) is 3.52. The Balaban J connectivity index is 1.68. The Bertz CT molecular complexity index is 383. The summed E-state index contributed by atoms with van der Waals surface area (Å²) in [4.78, 5) is 2.44. The molecule has 0 amide bonds.